The monoisotopic (exact) mass is 339 g/mol. The zero-order valence-corrected chi connectivity index (χ0v) is 12.7. The van der Waals surface area contributed by atoms with Crippen LogP contribution in [0.1, 0.15) is 29.4 Å². The number of halogens is 1. The number of benzene rings is 1. The van der Waals surface area contributed by atoms with Gasteiger partial charge in [0.1, 0.15) is 6.04 Å². The van der Waals surface area contributed by atoms with Gasteiger partial charge in [-0.2, -0.15) is 0 Å². The Balaban J connectivity index is 2.19. The van der Waals surface area contributed by atoms with Crippen LogP contribution in [0.15, 0.2) is 46.3 Å². The van der Waals surface area contributed by atoms with E-state index in [0.29, 0.717) is 0 Å². The van der Waals surface area contributed by atoms with Gasteiger partial charge in [-0.25, -0.2) is 0 Å². The zero-order chi connectivity index (χ0) is 13.8. The van der Waals surface area contributed by atoms with Crippen molar-refractivity contribution in [2.75, 3.05) is 0 Å². The van der Waals surface area contributed by atoms with Gasteiger partial charge in [0.05, 0.1) is 0 Å². The number of aliphatic carboxylic acids is 1. The number of thiophene rings is 1. The molecule has 0 saturated heterocycles. The van der Waals surface area contributed by atoms with Crippen molar-refractivity contribution in [1.82, 2.24) is 5.32 Å². The Hall–Kier alpha value is -1.17. The first-order valence-electron chi connectivity index (χ1n) is 5.86. The van der Waals surface area contributed by atoms with Crippen LogP contribution in [0.4, 0.5) is 0 Å². The third-order valence-electron chi connectivity index (χ3n) is 2.83. The second-order valence-corrected chi connectivity index (χ2v) is 6.01. The molecular formula is C14H14BrNO2S. The summed E-state index contributed by atoms with van der Waals surface area (Å²) in [7, 11) is 0. The Morgan fingerprint density at radius 3 is 2.53 bits per heavy atom. The molecule has 1 aromatic heterocycles. The van der Waals surface area contributed by atoms with Crippen molar-refractivity contribution < 1.29 is 9.90 Å². The fourth-order valence-corrected chi connectivity index (χ4v) is 3.63. The lowest BCUT2D eigenvalue weighted by Gasteiger charge is -2.20. The smallest absolute Gasteiger partial charge is 0.325 e. The van der Waals surface area contributed by atoms with Gasteiger partial charge in [0.25, 0.3) is 0 Å². The van der Waals surface area contributed by atoms with Crippen LogP contribution < -0.4 is 5.32 Å². The fourth-order valence-electron chi connectivity index (χ4n) is 1.90. The highest BCUT2D eigenvalue weighted by atomic mass is 79.9. The quantitative estimate of drug-likeness (QED) is 0.865. The second kappa shape index (κ2) is 6.32. The predicted octanol–water partition coefficient (Wildman–Crippen LogP) is 3.99. The van der Waals surface area contributed by atoms with Crippen molar-refractivity contribution >= 4 is 33.2 Å². The molecule has 2 aromatic rings. The highest BCUT2D eigenvalue weighted by Gasteiger charge is 2.23. The van der Waals surface area contributed by atoms with Crippen LogP contribution in [0.25, 0.3) is 0 Å². The Kier molecular flexibility index (Phi) is 4.74. The number of carboxylic acids is 1. The molecule has 0 aliphatic heterocycles. The summed E-state index contributed by atoms with van der Waals surface area (Å²) in [5.74, 6) is -0.870. The van der Waals surface area contributed by atoms with Gasteiger partial charge in [0, 0.05) is 15.4 Å². The molecule has 1 aromatic carbocycles. The molecule has 3 nitrogen and oxygen atoms in total. The van der Waals surface area contributed by atoms with Gasteiger partial charge >= 0.3 is 5.97 Å². The molecule has 2 N–H and O–H groups in total. The third kappa shape index (κ3) is 3.43. The van der Waals surface area contributed by atoms with Gasteiger partial charge < -0.3 is 5.11 Å². The maximum Gasteiger partial charge on any atom is 0.325 e. The lowest BCUT2D eigenvalue weighted by Crippen LogP contribution is -2.30. The Morgan fingerprint density at radius 2 is 2.00 bits per heavy atom. The number of hydrogen-bond acceptors (Lipinski definition) is 3. The summed E-state index contributed by atoms with van der Waals surface area (Å²) in [6.07, 6.45) is 0. The lowest BCUT2D eigenvalue weighted by atomic mass is 10.1. The van der Waals surface area contributed by atoms with Gasteiger partial charge in [-0.05, 0) is 39.9 Å². The van der Waals surface area contributed by atoms with E-state index in [1.807, 2.05) is 48.7 Å². The van der Waals surface area contributed by atoms with E-state index in [0.717, 1.165) is 14.9 Å². The van der Waals surface area contributed by atoms with E-state index >= 15 is 0 Å². The largest absolute Gasteiger partial charge is 0.480 e. The number of carbonyl (C=O) groups is 1. The van der Waals surface area contributed by atoms with Gasteiger partial charge in [-0.1, -0.05) is 30.3 Å². The summed E-state index contributed by atoms with van der Waals surface area (Å²) in [6.45, 7) is 1.97. The van der Waals surface area contributed by atoms with Crippen molar-refractivity contribution in [2.24, 2.45) is 0 Å². The van der Waals surface area contributed by atoms with Crippen molar-refractivity contribution in [3.8, 4) is 0 Å². The van der Waals surface area contributed by atoms with E-state index in [1.54, 1.807) is 11.3 Å². The average molecular weight is 340 g/mol. The fraction of sp³-hybridized carbons (Fsp3) is 0.214. The molecule has 0 radical (unpaired) electrons. The van der Waals surface area contributed by atoms with Crippen LogP contribution in [0.3, 0.4) is 0 Å². The third-order valence-corrected chi connectivity index (χ3v) is 4.89. The van der Waals surface area contributed by atoms with E-state index < -0.39 is 12.0 Å². The number of hydrogen-bond donors (Lipinski definition) is 2. The molecule has 0 spiro atoms. The maximum absolute atomic E-state index is 11.4. The molecule has 1 heterocycles. The molecule has 0 aliphatic carbocycles. The second-order valence-electron chi connectivity index (χ2n) is 4.20. The molecule has 100 valence electrons. The van der Waals surface area contributed by atoms with E-state index in [1.165, 1.54) is 0 Å². The summed E-state index contributed by atoms with van der Waals surface area (Å²) < 4.78 is 1.01. The van der Waals surface area contributed by atoms with E-state index in [4.69, 9.17) is 0 Å². The summed E-state index contributed by atoms with van der Waals surface area (Å²) in [4.78, 5) is 12.5. The summed E-state index contributed by atoms with van der Waals surface area (Å²) in [5, 5.41) is 14.5. The first-order valence-corrected chi connectivity index (χ1v) is 7.53. The number of carboxylic acid groups (broad SMARTS) is 1. The van der Waals surface area contributed by atoms with Crippen LogP contribution in [-0.4, -0.2) is 11.1 Å². The highest BCUT2D eigenvalue weighted by Crippen LogP contribution is 2.30. The van der Waals surface area contributed by atoms with Gasteiger partial charge in [0.15, 0.2) is 0 Å². The minimum Gasteiger partial charge on any atom is -0.480 e. The molecule has 2 atom stereocenters. The highest BCUT2D eigenvalue weighted by molar-refractivity contribution is 9.10. The molecular weight excluding hydrogens is 326 g/mol. The first kappa shape index (κ1) is 14.2. The van der Waals surface area contributed by atoms with Gasteiger partial charge in [0.2, 0.25) is 0 Å². The molecule has 0 saturated carbocycles. The van der Waals surface area contributed by atoms with Crippen LogP contribution in [0.5, 0.6) is 0 Å². The normalized spacial score (nSPS) is 14.0. The molecule has 0 fully saturated rings. The van der Waals surface area contributed by atoms with Gasteiger partial charge in [-0.15, -0.1) is 11.3 Å². The molecule has 0 aliphatic rings. The molecule has 0 bridgehead atoms. The molecule has 5 heteroatoms. The van der Waals surface area contributed by atoms with Crippen LogP contribution in [0, 0.1) is 0 Å². The van der Waals surface area contributed by atoms with Gasteiger partial charge in [-0.3, -0.25) is 10.1 Å². The van der Waals surface area contributed by atoms with E-state index in [-0.39, 0.29) is 6.04 Å². The first-order chi connectivity index (χ1) is 9.09. The number of nitrogens with one attached hydrogen (secondary N) is 1. The van der Waals surface area contributed by atoms with E-state index in [9.17, 15) is 9.90 Å². The Bertz CT molecular complexity index is 556. The van der Waals surface area contributed by atoms with Crippen molar-refractivity contribution in [3.05, 3.63) is 56.7 Å². The summed E-state index contributed by atoms with van der Waals surface area (Å²) >= 11 is 5.08. The maximum atomic E-state index is 11.4. The molecule has 0 amide bonds. The SMILES string of the molecule is CC(NC(C(=O)O)c1ccccc1)c1sccc1Br. The van der Waals surface area contributed by atoms with Crippen LogP contribution >= 0.6 is 27.3 Å². The van der Waals surface area contributed by atoms with E-state index in [2.05, 4.69) is 21.2 Å². The Labute approximate surface area is 124 Å². The van der Waals surface area contributed by atoms with Crippen molar-refractivity contribution in [3.63, 3.8) is 0 Å². The molecule has 2 unspecified atom stereocenters. The molecule has 19 heavy (non-hydrogen) atoms. The van der Waals surface area contributed by atoms with Crippen LogP contribution in [-0.2, 0) is 4.79 Å². The number of rotatable bonds is 5. The predicted molar refractivity (Wildman–Crippen MR) is 80.4 cm³/mol. The molecule has 2 rings (SSSR count). The lowest BCUT2D eigenvalue weighted by molar-refractivity contribution is -0.139. The van der Waals surface area contributed by atoms with Crippen molar-refractivity contribution in [2.45, 2.75) is 19.0 Å². The average Bonchev–Trinajstić information content (AvgIpc) is 2.82. The van der Waals surface area contributed by atoms with Crippen molar-refractivity contribution in [1.29, 1.82) is 0 Å². The minimum atomic E-state index is -0.870. The van der Waals surface area contributed by atoms with Crippen LogP contribution in [0.2, 0.25) is 0 Å². The summed E-state index contributed by atoms with van der Waals surface area (Å²) in [6, 6.07) is 10.4. The minimum absolute atomic E-state index is 0.0318. The summed E-state index contributed by atoms with van der Waals surface area (Å²) in [5.41, 5.74) is 0.759. The standard InChI is InChI=1S/C14H14BrNO2S/c1-9(13-11(15)7-8-19-13)16-12(14(17)18)10-5-3-2-4-6-10/h2-9,12,16H,1H3,(H,17,18). The zero-order valence-electron chi connectivity index (χ0n) is 10.3. The Morgan fingerprint density at radius 1 is 1.32 bits per heavy atom. The topological polar surface area (TPSA) is 49.3 Å².